The second-order valence-corrected chi connectivity index (χ2v) is 7.99. The number of anilines is 1. The van der Waals surface area contributed by atoms with E-state index in [0.29, 0.717) is 18.1 Å². The Morgan fingerprint density at radius 2 is 2.00 bits per heavy atom. The van der Waals surface area contributed by atoms with Crippen molar-refractivity contribution in [2.24, 2.45) is 0 Å². The molecule has 10 heteroatoms. The topological polar surface area (TPSA) is 73.9 Å². The van der Waals surface area contributed by atoms with E-state index in [2.05, 4.69) is 20.3 Å². The molecule has 4 rings (SSSR count). The maximum Gasteiger partial charge on any atom is 0.417 e. The number of likely N-dealkylation sites (tertiary alicyclic amines) is 1. The van der Waals surface area contributed by atoms with Gasteiger partial charge in [-0.25, -0.2) is 9.97 Å². The van der Waals surface area contributed by atoms with Crippen LogP contribution in [0, 0.1) is 6.92 Å². The molecule has 0 bridgehead atoms. The first-order valence-electron chi connectivity index (χ1n) is 10.5. The summed E-state index contributed by atoms with van der Waals surface area (Å²) < 4.78 is 38.4. The van der Waals surface area contributed by atoms with Crippen molar-refractivity contribution in [3.63, 3.8) is 0 Å². The van der Waals surface area contributed by atoms with Gasteiger partial charge >= 0.3 is 6.18 Å². The quantitative estimate of drug-likeness (QED) is 0.530. The van der Waals surface area contributed by atoms with Gasteiger partial charge in [0.1, 0.15) is 11.5 Å². The molecule has 1 aliphatic rings. The highest BCUT2D eigenvalue weighted by molar-refractivity contribution is 5.99. The molecule has 3 aromatic heterocycles. The summed E-state index contributed by atoms with van der Waals surface area (Å²) >= 11 is 0. The highest BCUT2D eigenvalue weighted by Crippen LogP contribution is 2.30. The number of halogens is 4. The fraction of sp³-hybridized carbons (Fsp3) is 0.348. The maximum atomic E-state index is 13.5. The van der Waals surface area contributed by atoms with E-state index < -0.39 is 11.7 Å². The van der Waals surface area contributed by atoms with Crippen LogP contribution >= 0.6 is 12.4 Å². The first-order chi connectivity index (χ1) is 15.2. The molecule has 0 saturated carbocycles. The number of nitrogens with zero attached hydrogens (tertiary/aromatic N) is 3. The molecule has 6 nitrogen and oxygen atoms in total. The van der Waals surface area contributed by atoms with Crippen molar-refractivity contribution in [2.75, 3.05) is 11.9 Å². The minimum Gasteiger partial charge on any atom is -0.365 e. The number of nitrogens with one attached hydrogen (secondary N) is 2. The number of piperidine rings is 1. The number of rotatable bonds is 4. The van der Waals surface area contributed by atoms with E-state index in [-0.39, 0.29) is 30.4 Å². The molecule has 3 aromatic rings. The molecule has 1 fully saturated rings. The summed E-state index contributed by atoms with van der Waals surface area (Å²) in [4.78, 5) is 26.9. The van der Waals surface area contributed by atoms with E-state index in [0.717, 1.165) is 42.1 Å². The van der Waals surface area contributed by atoms with Crippen LogP contribution in [0.1, 0.15) is 41.5 Å². The van der Waals surface area contributed by atoms with Crippen LogP contribution < -0.4 is 5.32 Å². The summed E-state index contributed by atoms with van der Waals surface area (Å²) in [6.45, 7) is 4.36. The van der Waals surface area contributed by atoms with Gasteiger partial charge in [0.05, 0.1) is 5.56 Å². The smallest absolute Gasteiger partial charge is 0.365 e. The summed E-state index contributed by atoms with van der Waals surface area (Å²) in [5.74, 6) is 0.183. The maximum absolute atomic E-state index is 13.5. The molecule has 176 valence electrons. The summed E-state index contributed by atoms with van der Waals surface area (Å²) in [6.07, 6.45) is -0.275. The number of alkyl halides is 3. The number of pyridine rings is 2. The van der Waals surface area contributed by atoms with Crippen LogP contribution in [-0.4, -0.2) is 44.4 Å². The Hall–Kier alpha value is -3.07. The van der Waals surface area contributed by atoms with Crippen molar-refractivity contribution in [2.45, 2.75) is 44.9 Å². The Balaban J connectivity index is 0.00000306. The van der Waals surface area contributed by atoms with E-state index in [4.69, 9.17) is 0 Å². The third-order valence-corrected chi connectivity index (χ3v) is 5.80. The minimum absolute atomic E-state index is 0. The van der Waals surface area contributed by atoms with E-state index >= 15 is 0 Å². The zero-order chi connectivity index (χ0) is 22.9. The molecule has 0 aromatic carbocycles. The fourth-order valence-electron chi connectivity index (χ4n) is 4.03. The number of amides is 1. The first-order valence-corrected chi connectivity index (χ1v) is 10.5. The van der Waals surface area contributed by atoms with Gasteiger partial charge in [-0.1, -0.05) is 0 Å². The largest absolute Gasteiger partial charge is 0.417 e. The molecular formula is C23H25ClF3N5O. The van der Waals surface area contributed by atoms with Gasteiger partial charge in [-0.3, -0.25) is 4.79 Å². The van der Waals surface area contributed by atoms with Crippen molar-refractivity contribution < 1.29 is 18.0 Å². The normalized spacial score (nSPS) is 18.5. The van der Waals surface area contributed by atoms with Crippen molar-refractivity contribution in [3.05, 3.63) is 65.7 Å². The number of carbonyl (C=O) groups excluding carboxylic acids is 1. The highest BCUT2D eigenvalue weighted by Gasteiger charge is 2.34. The molecule has 4 heterocycles. The van der Waals surface area contributed by atoms with E-state index in [9.17, 15) is 18.0 Å². The Morgan fingerprint density at radius 3 is 2.64 bits per heavy atom. The van der Waals surface area contributed by atoms with Crippen LogP contribution in [0.3, 0.4) is 0 Å². The Morgan fingerprint density at radius 1 is 1.21 bits per heavy atom. The Kier molecular flexibility index (Phi) is 7.31. The van der Waals surface area contributed by atoms with E-state index in [1.165, 1.54) is 6.07 Å². The van der Waals surface area contributed by atoms with Gasteiger partial charge in [0, 0.05) is 48.0 Å². The molecule has 0 aliphatic carbocycles. The van der Waals surface area contributed by atoms with Crippen molar-refractivity contribution in [1.29, 1.82) is 0 Å². The van der Waals surface area contributed by atoms with Gasteiger partial charge in [0.15, 0.2) is 0 Å². The molecule has 2 atom stereocenters. The highest BCUT2D eigenvalue weighted by atomic mass is 35.5. The first kappa shape index (κ1) is 24.6. The molecule has 0 spiro atoms. The van der Waals surface area contributed by atoms with Crippen molar-refractivity contribution in [3.8, 4) is 11.3 Å². The van der Waals surface area contributed by atoms with Crippen LogP contribution in [0.4, 0.5) is 19.0 Å². The summed E-state index contributed by atoms with van der Waals surface area (Å²) in [7, 11) is 0. The second-order valence-electron chi connectivity index (χ2n) is 7.99. The van der Waals surface area contributed by atoms with Crippen LogP contribution in [0.2, 0.25) is 0 Å². The number of aryl methyl sites for hydroxylation is 1. The van der Waals surface area contributed by atoms with Crippen LogP contribution in [-0.2, 0) is 6.18 Å². The van der Waals surface area contributed by atoms with Crippen LogP contribution in [0.25, 0.3) is 11.3 Å². The molecule has 1 saturated heterocycles. The molecule has 33 heavy (non-hydrogen) atoms. The van der Waals surface area contributed by atoms with E-state index in [1.54, 1.807) is 11.1 Å². The zero-order valence-corrected chi connectivity index (χ0v) is 19.0. The van der Waals surface area contributed by atoms with E-state index in [1.807, 2.05) is 38.1 Å². The number of carbonyl (C=O) groups is 1. The van der Waals surface area contributed by atoms with Crippen LogP contribution in [0.15, 0.2) is 48.8 Å². The van der Waals surface area contributed by atoms with Crippen molar-refractivity contribution in [1.82, 2.24) is 19.9 Å². The molecular weight excluding hydrogens is 455 g/mol. The van der Waals surface area contributed by atoms with Gasteiger partial charge in [-0.2, -0.15) is 13.2 Å². The number of aromatic nitrogens is 3. The lowest BCUT2D eigenvalue weighted by atomic mass is 9.96. The molecule has 1 aliphatic heterocycles. The average Bonchev–Trinajstić information content (AvgIpc) is 3.29. The molecule has 0 radical (unpaired) electrons. The number of H-pyrrole nitrogens is 1. The summed E-state index contributed by atoms with van der Waals surface area (Å²) in [5, 5.41) is 3.20. The third-order valence-electron chi connectivity index (χ3n) is 5.80. The van der Waals surface area contributed by atoms with Gasteiger partial charge in [-0.05, 0) is 63.1 Å². The van der Waals surface area contributed by atoms with Crippen LogP contribution in [0.5, 0.6) is 0 Å². The van der Waals surface area contributed by atoms with Gasteiger partial charge in [-0.15, -0.1) is 12.4 Å². The minimum atomic E-state index is -4.43. The third kappa shape index (κ3) is 5.30. The van der Waals surface area contributed by atoms with Gasteiger partial charge in [0.25, 0.3) is 5.91 Å². The monoisotopic (exact) mass is 479 g/mol. The van der Waals surface area contributed by atoms with Gasteiger partial charge in [0.2, 0.25) is 0 Å². The second kappa shape index (κ2) is 9.82. The zero-order valence-electron chi connectivity index (χ0n) is 18.2. The molecule has 2 N–H and O–H groups in total. The number of aromatic amines is 1. The van der Waals surface area contributed by atoms with Gasteiger partial charge < -0.3 is 15.2 Å². The molecule has 1 amide bonds. The number of hydrogen-bond acceptors (Lipinski definition) is 4. The average molecular weight is 480 g/mol. The predicted octanol–water partition coefficient (Wildman–Crippen LogP) is 5.33. The fourth-order valence-corrected chi connectivity index (χ4v) is 4.03. The number of hydrogen-bond donors (Lipinski definition) is 2. The summed E-state index contributed by atoms with van der Waals surface area (Å²) in [6, 6.07) is 9.50. The molecule has 0 unspecified atom stereocenters. The lowest BCUT2D eigenvalue weighted by Gasteiger charge is -2.40. The SMILES string of the molecule is Cc1ccc(-c2ccc[nH]2)c(C(=O)N2CCC[C@@H](Nc3ccc(C(F)(F)F)cn3)[C@@H]2C)n1.Cl. The van der Waals surface area contributed by atoms with Crippen molar-refractivity contribution >= 4 is 24.1 Å². The lowest BCUT2D eigenvalue weighted by Crippen LogP contribution is -2.52. The Labute approximate surface area is 196 Å². The standard InChI is InChI=1S/C23H24F3N5O.ClH/c1-14-7-9-17(19-5-3-11-27-19)21(29-14)22(32)31-12-4-6-18(15(31)2)30-20-10-8-16(13-28-20)23(24,25)26;/h3,5,7-11,13,15,18,27H,4,6,12H2,1-2H3,(H,28,30);1H/t15-,18+;/m0./s1. The lowest BCUT2D eigenvalue weighted by molar-refractivity contribution is -0.137. The Bertz CT molecular complexity index is 1090. The predicted molar refractivity (Wildman–Crippen MR) is 122 cm³/mol. The summed E-state index contributed by atoms with van der Waals surface area (Å²) in [5.41, 5.74) is 1.88.